The number of ether oxygens (including phenoxy) is 1. The molecule has 31 heavy (non-hydrogen) atoms. The van der Waals surface area contributed by atoms with Gasteiger partial charge >= 0.3 is 0 Å². The van der Waals surface area contributed by atoms with Crippen LogP contribution in [0.25, 0.3) is 22.3 Å². The van der Waals surface area contributed by atoms with Crippen molar-refractivity contribution < 1.29 is 13.5 Å². The molecule has 3 aromatic carbocycles. The highest BCUT2D eigenvalue weighted by molar-refractivity contribution is 5.82. The van der Waals surface area contributed by atoms with Gasteiger partial charge in [0.1, 0.15) is 18.0 Å². The predicted molar refractivity (Wildman–Crippen MR) is 122 cm³/mol. The van der Waals surface area contributed by atoms with E-state index in [0.717, 1.165) is 11.1 Å². The highest BCUT2D eigenvalue weighted by Crippen LogP contribution is 2.33. The quantitative estimate of drug-likeness (QED) is 0.368. The van der Waals surface area contributed by atoms with Crippen LogP contribution in [0.15, 0.2) is 75.9 Å². The lowest BCUT2D eigenvalue weighted by molar-refractivity contribution is 0.292. The smallest absolute Gasteiger partial charge is 0.235 e. The third-order valence-corrected chi connectivity index (χ3v) is 5.35. The third-order valence-electron chi connectivity index (χ3n) is 5.35. The molecule has 0 atom stereocenters. The molecular formula is C27H25FO3. The van der Waals surface area contributed by atoms with Gasteiger partial charge in [0.15, 0.2) is 5.76 Å². The molecule has 0 saturated carbocycles. The number of fused-ring (bicyclic) bond motifs is 1. The number of aryl methyl sites for hydroxylation is 1. The van der Waals surface area contributed by atoms with Crippen molar-refractivity contribution in [3.8, 4) is 17.1 Å². The van der Waals surface area contributed by atoms with E-state index in [0.29, 0.717) is 22.3 Å². The standard InChI is InChI=1S/C27H25FO3/c1-17-9-14-21-23(15-17)31-25(18-10-12-20(13-11-18)27(2,3)4)26(24(21)29)30-16-19-7-5-6-8-22(19)28/h5-15H,16H2,1-4H3. The maximum absolute atomic E-state index is 14.1. The van der Waals surface area contributed by atoms with Crippen molar-refractivity contribution in [2.24, 2.45) is 0 Å². The lowest BCUT2D eigenvalue weighted by Gasteiger charge is -2.19. The molecule has 0 amide bonds. The van der Waals surface area contributed by atoms with Crippen LogP contribution < -0.4 is 10.2 Å². The molecule has 0 spiro atoms. The minimum atomic E-state index is -0.376. The lowest BCUT2D eigenvalue weighted by Crippen LogP contribution is -2.12. The highest BCUT2D eigenvalue weighted by Gasteiger charge is 2.20. The zero-order chi connectivity index (χ0) is 22.2. The van der Waals surface area contributed by atoms with Gasteiger partial charge in [-0.15, -0.1) is 0 Å². The van der Waals surface area contributed by atoms with Crippen LogP contribution in [0.5, 0.6) is 5.75 Å². The second kappa shape index (κ2) is 8.03. The van der Waals surface area contributed by atoms with E-state index in [1.807, 2.05) is 43.3 Å². The van der Waals surface area contributed by atoms with Gasteiger partial charge in [-0.3, -0.25) is 4.79 Å². The maximum atomic E-state index is 14.1. The Morgan fingerprint density at radius 1 is 0.968 bits per heavy atom. The Kier molecular flexibility index (Phi) is 5.40. The normalized spacial score (nSPS) is 11.6. The second-order valence-electron chi connectivity index (χ2n) is 8.80. The molecular weight excluding hydrogens is 391 g/mol. The van der Waals surface area contributed by atoms with Gasteiger partial charge in [-0.2, -0.15) is 0 Å². The molecule has 3 nitrogen and oxygen atoms in total. The number of rotatable bonds is 4. The van der Waals surface area contributed by atoms with Crippen LogP contribution in [0.4, 0.5) is 4.39 Å². The van der Waals surface area contributed by atoms with Crippen molar-refractivity contribution in [1.29, 1.82) is 0 Å². The van der Waals surface area contributed by atoms with E-state index in [1.54, 1.807) is 24.3 Å². The zero-order valence-corrected chi connectivity index (χ0v) is 18.2. The minimum absolute atomic E-state index is 0.00400. The molecule has 0 N–H and O–H groups in total. The molecule has 0 radical (unpaired) electrons. The minimum Gasteiger partial charge on any atom is -0.481 e. The zero-order valence-electron chi connectivity index (χ0n) is 18.2. The average Bonchev–Trinajstić information content (AvgIpc) is 2.73. The summed E-state index contributed by atoms with van der Waals surface area (Å²) in [7, 11) is 0. The highest BCUT2D eigenvalue weighted by atomic mass is 19.1. The summed E-state index contributed by atoms with van der Waals surface area (Å²) in [4.78, 5) is 13.3. The van der Waals surface area contributed by atoms with Crippen molar-refractivity contribution in [3.63, 3.8) is 0 Å². The van der Waals surface area contributed by atoms with E-state index < -0.39 is 0 Å². The Labute approximate surface area is 181 Å². The van der Waals surface area contributed by atoms with E-state index in [2.05, 4.69) is 20.8 Å². The fourth-order valence-corrected chi connectivity index (χ4v) is 3.49. The Morgan fingerprint density at radius 2 is 1.68 bits per heavy atom. The van der Waals surface area contributed by atoms with Crippen molar-refractivity contribution in [1.82, 2.24) is 0 Å². The van der Waals surface area contributed by atoms with Gasteiger partial charge in [-0.05, 0) is 41.7 Å². The van der Waals surface area contributed by atoms with Crippen LogP contribution in [0.2, 0.25) is 0 Å². The summed E-state index contributed by atoms with van der Waals surface area (Å²) in [6.07, 6.45) is 0. The molecule has 0 bridgehead atoms. The van der Waals surface area contributed by atoms with Gasteiger partial charge in [0.2, 0.25) is 11.2 Å². The first kappa shape index (κ1) is 20.9. The van der Waals surface area contributed by atoms with Gasteiger partial charge in [-0.25, -0.2) is 4.39 Å². The molecule has 4 heteroatoms. The summed E-state index contributed by atoms with van der Waals surface area (Å²) in [5, 5.41) is 0.434. The van der Waals surface area contributed by atoms with Crippen molar-refractivity contribution in [2.75, 3.05) is 0 Å². The molecule has 0 unspecified atom stereocenters. The van der Waals surface area contributed by atoms with Crippen molar-refractivity contribution in [3.05, 3.63) is 99.5 Å². The van der Waals surface area contributed by atoms with E-state index in [9.17, 15) is 9.18 Å². The summed E-state index contributed by atoms with van der Waals surface area (Å²) in [5.74, 6) is 0.0578. The van der Waals surface area contributed by atoms with Crippen molar-refractivity contribution >= 4 is 11.0 Å². The number of benzene rings is 3. The molecule has 158 valence electrons. The van der Waals surface area contributed by atoms with Crippen LogP contribution in [0, 0.1) is 12.7 Å². The van der Waals surface area contributed by atoms with Gasteiger partial charge in [0.25, 0.3) is 0 Å². The predicted octanol–water partition coefficient (Wildman–Crippen LogP) is 6.78. The molecule has 4 aromatic rings. The van der Waals surface area contributed by atoms with Gasteiger partial charge in [0, 0.05) is 11.1 Å². The Bertz CT molecular complexity index is 1300. The SMILES string of the molecule is Cc1ccc2c(=O)c(OCc3ccccc3F)c(-c3ccc(C(C)(C)C)cc3)oc2c1. The lowest BCUT2D eigenvalue weighted by atomic mass is 9.86. The summed E-state index contributed by atoms with van der Waals surface area (Å²) >= 11 is 0. The first-order valence-electron chi connectivity index (χ1n) is 10.3. The molecule has 0 aliphatic rings. The molecule has 0 saturated heterocycles. The van der Waals surface area contributed by atoms with E-state index in [1.165, 1.54) is 11.6 Å². The Balaban J connectivity index is 1.84. The number of hydrogen-bond donors (Lipinski definition) is 0. The molecule has 0 aliphatic carbocycles. The van der Waals surface area contributed by atoms with Crippen molar-refractivity contribution in [2.45, 2.75) is 39.7 Å². The van der Waals surface area contributed by atoms with E-state index >= 15 is 0 Å². The van der Waals surface area contributed by atoms with Gasteiger partial charge in [0.05, 0.1) is 5.39 Å². The number of halogens is 1. The summed E-state index contributed by atoms with van der Waals surface area (Å²) in [6, 6.07) is 19.7. The first-order chi connectivity index (χ1) is 14.7. The molecule has 0 aliphatic heterocycles. The monoisotopic (exact) mass is 416 g/mol. The summed E-state index contributed by atoms with van der Waals surface area (Å²) < 4.78 is 26.1. The van der Waals surface area contributed by atoms with E-state index in [4.69, 9.17) is 9.15 Å². The molecule has 0 fully saturated rings. The molecule has 1 aromatic heterocycles. The van der Waals surface area contributed by atoms with Crippen LogP contribution in [0.3, 0.4) is 0 Å². The second-order valence-corrected chi connectivity index (χ2v) is 8.80. The van der Waals surface area contributed by atoms with Crippen LogP contribution in [0.1, 0.15) is 37.5 Å². The summed E-state index contributed by atoms with van der Waals surface area (Å²) in [5.41, 5.74) is 3.50. The fraction of sp³-hybridized carbons (Fsp3) is 0.222. The fourth-order valence-electron chi connectivity index (χ4n) is 3.49. The van der Waals surface area contributed by atoms with Crippen LogP contribution in [-0.4, -0.2) is 0 Å². The first-order valence-corrected chi connectivity index (χ1v) is 10.3. The molecule has 1 heterocycles. The average molecular weight is 416 g/mol. The summed E-state index contributed by atoms with van der Waals surface area (Å²) in [6.45, 7) is 8.30. The Hall–Kier alpha value is -3.40. The van der Waals surface area contributed by atoms with Crippen LogP contribution in [-0.2, 0) is 12.0 Å². The third kappa shape index (κ3) is 4.24. The van der Waals surface area contributed by atoms with Crippen LogP contribution >= 0.6 is 0 Å². The van der Waals surface area contributed by atoms with Gasteiger partial charge in [-0.1, -0.05) is 69.3 Å². The maximum Gasteiger partial charge on any atom is 0.235 e. The van der Waals surface area contributed by atoms with Gasteiger partial charge < -0.3 is 9.15 Å². The number of hydrogen-bond acceptors (Lipinski definition) is 3. The van der Waals surface area contributed by atoms with E-state index in [-0.39, 0.29) is 29.0 Å². The Morgan fingerprint density at radius 3 is 2.35 bits per heavy atom. The molecule has 4 rings (SSSR count). The topological polar surface area (TPSA) is 39.4 Å². The largest absolute Gasteiger partial charge is 0.481 e.